The van der Waals surface area contributed by atoms with Crippen molar-refractivity contribution in [1.29, 1.82) is 0 Å². The lowest BCUT2D eigenvalue weighted by Crippen LogP contribution is -2.32. The highest BCUT2D eigenvalue weighted by Crippen LogP contribution is 2.49. The second-order valence-corrected chi connectivity index (χ2v) is 9.09. The molecule has 3 aromatic heterocycles. The molecule has 0 spiro atoms. The fourth-order valence-electron chi connectivity index (χ4n) is 4.87. The Labute approximate surface area is 193 Å². The predicted molar refractivity (Wildman–Crippen MR) is 117 cm³/mol. The van der Waals surface area contributed by atoms with Crippen LogP contribution in [0, 0.1) is 32.6 Å². The molecule has 3 unspecified atom stereocenters. The van der Waals surface area contributed by atoms with E-state index in [0.29, 0.717) is 42.0 Å². The highest BCUT2D eigenvalue weighted by atomic mass is 19.4. The number of anilines is 1. The summed E-state index contributed by atoms with van der Waals surface area (Å²) < 4.78 is 44.3. The number of nitrogen functional groups attached to an aromatic ring is 1. The number of alkyl halides is 3. The Morgan fingerprint density at radius 2 is 1.91 bits per heavy atom. The SMILES string of the molecule is Cc1ccc(-n2cnc(C)n2)c(C(=O)c2c(N)nc(C3CC4CC4CN3)c(C(F)(F)F)c2C)n1. The summed E-state index contributed by atoms with van der Waals surface area (Å²) in [4.78, 5) is 26.2. The van der Waals surface area contributed by atoms with Gasteiger partial charge in [0.2, 0.25) is 5.78 Å². The molecule has 1 aliphatic carbocycles. The van der Waals surface area contributed by atoms with Gasteiger partial charge in [-0.05, 0) is 69.7 Å². The number of nitrogens with zero attached hydrogens (tertiary/aromatic N) is 5. The molecule has 0 radical (unpaired) electrons. The number of carbonyl (C=O) groups excluding carboxylic acids is 1. The van der Waals surface area contributed by atoms with Crippen molar-refractivity contribution in [1.82, 2.24) is 30.0 Å². The summed E-state index contributed by atoms with van der Waals surface area (Å²) in [6.45, 7) is 5.30. The second-order valence-electron chi connectivity index (χ2n) is 9.09. The number of piperidine rings is 1. The standard InChI is InChI=1S/C23H24F3N7O/c1-10-4-5-16(33-9-29-12(3)32-33)20(30-10)21(34)17-11(2)18(23(24,25)26)19(31-22(17)27)15-7-13-6-14(13)8-28-15/h4-5,9,13-15,28H,6-8H2,1-3H3,(H2,27,31). The van der Waals surface area contributed by atoms with Gasteiger partial charge in [-0.25, -0.2) is 19.6 Å². The van der Waals surface area contributed by atoms with Crippen LogP contribution >= 0.6 is 0 Å². The van der Waals surface area contributed by atoms with Crippen LogP contribution in [-0.4, -0.2) is 37.1 Å². The van der Waals surface area contributed by atoms with Gasteiger partial charge in [0, 0.05) is 5.69 Å². The maximum absolute atomic E-state index is 14.3. The van der Waals surface area contributed by atoms with E-state index in [-0.39, 0.29) is 28.3 Å². The molecule has 1 aliphatic heterocycles. The first-order valence-electron chi connectivity index (χ1n) is 11.1. The number of hydrogen-bond donors (Lipinski definition) is 2. The number of nitrogens with one attached hydrogen (secondary N) is 1. The van der Waals surface area contributed by atoms with Crippen LogP contribution in [-0.2, 0) is 6.18 Å². The lowest BCUT2D eigenvalue weighted by atomic mass is 9.91. The van der Waals surface area contributed by atoms with E-state index < -0.39 is 23.6 Å². The molecule has 1 saturated heterocycles. The van der Waals surface area contributed by atoms with Crippen LogP contribution in [0.3, 0.4) is 0 Å². The summed E-state index contributed by atoms with van der Waals surface area (Å²) in [5.74, 6) is 0.413. The average molecular weight is 471 g/mol. The lowest BCUT2D eigenvalue weighted by Gasteiger charge is -2.27. The van der Waals surface area contributed by atoms with Gasteiger partial charge in [0.1, 0.15) is 23.7 Å². The zero-order valence-electron chi connectivity index (χ0n) is 18.9. The number of rotatable bonds is 4. The van der Waals surface area contributed by atoms with Crippen LogP contribution in [0.15, 0.2) is 18.5 Å². The highest BCUT2D eigenvalue weighted by molar-refractivity contribution is 6.13. The van der Waals surface area contributed by atoms with Crippen molar-refractivity contribution in [2.24, 2.45) is 11.8 Å². The third-order valence-corrected chi connectivity index (χ3v) is 6.66. The van der Waals surface area contributed by atoms with Crippen molar-refractivity contribution in [3.8, 4) is 5.69 Å². The van der Waals surface area contributed by atoms with Crippen molar-refractivity contribution >= 4 is 11.6 Å². The largest absolute Gasteiger partial charge is 0.418 e. The summed E-state index contributed by atoms with van der Waals surface area (Å²) in [5, 5.41) is 7.39. The van der Waals surface area contributed by atoms with Gasteiger partial charge in [-0.15, -0.1) is 0 Å². The summed E-state index contributed by atoms with van der Waals surface area (Å²) in [6.07, 6.45) is -1.71. The summed E-state index contributed by atoms with van der Waals surface area (Å²) in [5.41, 5.74) is 5.31. The number of halogens is 3. The maximum atomic E-state index is 14.3. The van der Waals surface area contributed by atoms with E-state index in [0.717, 1.165) is 6.42 Å². The van der Waals surface area contributed by atoms with Crippen molar-refractivity contribution in [3.05, 3.63) is 58.1 Å². The van der Waals surface area contributed by atoms with Gasteiger partial charge in [-0.2, -0.15) is 18.3 Å². The molecule has 0 aromatic carbocycles. The first-order valence-corrected chi connectivity index (χ1v) is 11.1. The van der Waals surface area contributed by atoms with Gasteiger partial charge in [-0.1, -0.05) is 0 Å². The van der Waals surface area contributed by atoms with Crippen molar-refractivity contribution in [2.45, 2.75) is 45.8 Å². The monoisotopic (exact) mass is 471 g/mol. The van der Waals surface area contributed by atoms with E-state index >= 15 is 0 Å². The van der Waals surface area contributed by atoms with Crippen LogP contribution in [0.1, 0.15) is 63.3 Å². The molecule has 11 heteroatoms. The Morgan fingerprint density at radius 1 is 1.15 bits per heavy atom. The van der Waals surface area contributed by atoms with Crippen molar-refractivity contribution < 1.29 is 18.0 Å². The molecule has 3 N–H and O–H groups in total. The maximum Gasteiger partial charge on any atom is 0.418 e. The fourth-order valence-corrected chi connectivity index (χ4v) is 4.87. The Bertz CT molecular complexity index is 1300. The summed E-state index contributed by atoms with van der Waals surface area (Å²) >= 11 is 0. The van der Waals surface area contributed by atoms with Gasteiger partial charge in [-0.3, -0.25) is 4.79 Å². The Balaban J connectivity index is 1.65. The highest BCUT2D eigenvalue weighted by Gasteiger charge is 2.46. The quantitative estimate of drug-likeness (QED) is 0.561. The van der Waals surface area contributed by atoms with E-state index in [1.807, 2.05) is 0 Å². The second kappa shape index (κ2) is 7.86. The van der Waals surface area contributed by atoms with E-state index in [2.05, 4.69) is 25.4 Å². The third kappa shape index (κ3) is 3.83. The first kappa shape index (κ1) is 22.5. The minimum Gasteiger partial charge on any atom is -0.383 e. The number of nitrogens with two attached hydrogens (primary N) is 1. The van der Waals surface area contributed by atoms with Crippen molar-refractivity contribution in [3.63, 3.8) is 0 Å². The number of aromatic nitrogens is 5. The first-order chi connectivity index (χ1) is 16.0. The number of hydrogen-bond acceptors (Lipinski definition) is 7. The molecule has 1 saturated carbocycles. The Morgan fingerprint density at radius 3 is 2.56 bits per heavy atom. The molecule has 3 aromatic rings. The number of aryl methyl sites for hydroxylation is 2. The predicted octanol–water partition coefficient (Wildman–Crippen LogP) is 3.49. The third-order valence-electron chi connectivity index (χ3n) is 6.66. The smallest absolute Gasteiger partial charge is 0.383 e. The molecule has 5 rings (SSSR count). The normalized spacial score (nSPS) is 21.9. The lowest BCUT2D eigenvalue weighted by molar-refractivity contribution is -0.139. The molecule has 3 atom stereocenters. The molecule has 34 heavy (non-hydrogen) atoms. The van der Waals surface area contributed by atoms with Gasteiger partial charge >= 0.3 is 6.18 Å². The molecule has 0 amide bonds. The van der Waals surface area contributed by atoms with Crippen LogP contribution < -0.4 is 11.1 Å². The topological polar surface area (TPSA) is 112 Å². The molecule has 178 valence electrons. The van der Waals surface area contributed by atoms with E-state index in [4.69, 9.17) is 5.73 Å². The molecular formula is C23H24F3N7O. The zero-order chi connectivity index (χ0) is 24.4. The van der Waals surface area contributed by atoms with E-state index in [9.17, 15) is 18.0 Å². The average Bonchev–Trinajstić information content (AvgIpc) is 3.42. The summed E-state index contributed by atoms with van der Waals surface area (Å²) in [6, 6.07) is 2.75. The number of ketones is 1. The number of carbonyl (C=O) groups is 1. The molecular weight excluding hydrogens is 447 g/mol. The van der Waals surface area contributed by atoms with E-state index in [1.54, 1.807) is 26.0 Å². The van der Waals surface area contributed by atoms with Crippen LogP contribution in [0.4, 0.5) is 19.0 Å². The fraction of sp³-hybridized carbons (Fsp3) is 0.435. The van der Waals surface area contributed by atoms with Crippen molar-refractivity contribution in [2.75, 3.05) is 12.3 Å². The minimum atomic E-state index is -4.71. The van der Waals surface area contributed by atoms with Crippen LogP contribution in [0.25, 0.3) is 5.69 Å². The number of fused-ring (bicyclic) bond motifs is 1. The van der Waals surface area contributed by atoms with Gasteiger partial charge in [0.05, 0.1) is 28.6 Å². The van der Waals surface area contributed by atoms with Crippen LogP contribution in [0.5, 0.6) is 0 Å². The Hall–Kier alpha value is -3.34. The molecule has 4 heterocycles. The molecule has 0 bridgehead atoms. The summed E-state index contributed by atoms with van der Waals surface area (Å²) in [7, 11) is 0. The molecule has 8 nitrogen and oxygen atoms in total. The van der Waals surface area contributed by atoms with E-state index in [1.165, 1.54) is 17.9 Å². The molecule has 2 fully saturated rings. The van der Waals surface area contributed by atoms with Gasteiger partial charge < -0.3 is 11.1 Å². The van der Waals surface area contributed by atoms with Gasteiger partial charge in [0.25, 0.3) is 0 Å². The van der Waals surface area contributed by atoms with Crippen LogP contribution in [0.2, 0.25) is 0 Å². The Kier molecular flexibility index (Phi) is 5.19. The minimum absolute atomic E-state index is 0.0704. The zero-order valence-corrected chi connectivity index (χ0v) is 18.9. The number of pyridine rings is 2. The van der Waals surface area contributed by atoms with Gasteiger partial charge in [0.15, 0.2) is 0 Å². The molecule has 2 aliphatic rings.